The van der Waals surface area contributed by atoms with Crippen LogP contribution < -0.4 is 14.9 Å². The number of carbonyl (C=O) groups excluding carboxylic acids is 1. The van der Waals surface area contributed by atoms with Gasteiger partial charge in [-0.15, -0.1) is 0 Å². The van der Waals surface area contributed by atoms with E-state index < -0.39 is 17.2 Å². The summed E-state index contributed by atoms with van der Waals surface area (Å²) in [5.41, 5.74) is -0.661. The molecule has 1 heterocycles. The number of hydrogen-bond acceptors (Lipinski definition) is 5. The van der Waals surface area contributed by atoms with Crippen molar-refractivity contribution in [3.8, 4) is 11.5 Å². The first kappa shape index (κ1) is 16.5. The SMILES string of the molecule is COC(=O)c1cn(Cc2cc(OC)ccc2OC)cc(F)c1=O. The molecule has 2 rings (SSSR count). The van der Waals surface area contributed by atoms with Crippen LogP contribution in [-0.2, 0) is 11.3 Å². The summed E-state index contributed by atoms with van der Waals surface area (Å²) in [5.74, 6) is -0.740. The molecule has 122 valence electrons. The minimum absolute atomic E-state index is 0.182. The number of esters is 1. The number of rotatable bonds is 5. The molecule has 6 nitrogen and oxygen atoms in total. The summed E-state index contributed by atoms with van der Waals surface area (Å²) in [4.78, 5) is 23.2. The second-order valence-electron chi connectivity index (χ2n) is 4.69. The van der Waals surface area contributed by atoms with Crippen LogP contribution in [0.3, 0.4) is 0 Å². The van der Waals surface area contributed by atoms with Gasteiger partial charge in [0.15, 0.2) is 5.82 Å². The summed E-state index contributed by atoms with van der Waals surface area (Å²) >= 11 is 0. The first-order valence-electron chi connectivity index (χ1n) is 6.69. The zero-order chi connectivity index (χ0) is 17.0. The van der Waals surface area contributed by atoms with Gasteiger partial charge in [-0.2, -0.15) is 0 Å². The van der Waals surface area contributed by atoms with E-state index in [9.17, 15) is 14.0 Å². The molecule has 0 atom stereocenters. The maximum atomic E-state index is 13.8. The first-order valence-corrected chi connectivity index (χ1v) is 6.69. The van der Waals surface area contributed by atoms with Crippen LogP contribution in [0.25, 0.3) is 0 Å². The van der Waals surface area contributed by atoms with Crippen LogP contribution in [0.5, 0.6) is 11.5 Å². The van der Waals surface area contributed by atoms with E-state index in [1.807, 2.05) is 0 Å². The maximum absolute atomic E-state index is 13.8. The number of methoxy groups -OCH3 is 3. The fourth-order valence-corrected chi connectivity index (χ4v) is 2.14. The van der Waals surface area contributed by atoms with Crippen molar-refractivity contribution in [1.82, 2.24) is 4.57 Å². The summed E-state index contributed by atoms with van der Waals surface area (Å²) in [6.07, 6.45) is 2.27. The molecular weight excluding hydrogens is 305 g/mol. The van der Waals surface area contributed by atoms with Crippen molar-refractivity contribution in [1.29, 1.82) is 0 Å². The fraction of sp³-hybridized carbons (Fsp3) is 0.250. The minimum Gasteiger partial charge on any atom is -0.497 e. The lowest BCUT2D eigenvalue weighted by atomic mass is 10.1. The van der Waals surface area contributed by atoms with Crippen molar-refractivity contribution in [3.63, 3.8) is 0 Å². The van der Waals surface area contributed by atoms with Crippen LogP contribution in [-0.4, -0.2) is 31.9 Å². The number of carbonyl (C=O) groups is 1. The molecule has 0 saturated carbocycles. The van der Waals surface area contributed by atoms with Crippen LogP contribution in [0.4, 0.5) is 4.39 Å². The molecule has 23 heavy (non-hydrogen) atoms. The van der Waals surface area contributed by atoms with Gasteiger partial charge >= 0.3 is 5.97 Å². The Morgan fingerprint density at radius 2 is 1.91 bits per heavy atom. The Morgan fingerprint density at radius 1 is 1.17 bits per heavy atom. The Labute approximate surface area is 132 Å². The Morgan fingerprint density at radius 3 is 2.52 bits per heavy atom. The zero-order valence-corrected chi connectivity index (χ0v) is 13.0. The largest absolute Gasteiger partial charge is 0.497 e. The standard InChI is InChI=1S/C16H16FNO5/c1-21-11-4-5-14(22-2)10(6-11)7-18-8-12(16(20)23-3)15(19)13(17)9-18/h4-6,8-9H,7H2,1-3H3. The van der Waals surface area contributed by atoms with Gasteiger partial charge in [-0.05, 0) is 18.2 Å². The molecule has 0 aliphatic rings. The van der Waals surface area contributed by atoms with Crippen LogP contribution in [0.1, 0.15) is 15.9 Å². The van der Waals surface area contributed by atoms with Crippen LogP contribution in [0.2, 0.25) is 0 Å². The molecule has 0 aliphatic carbocycles. The van der Waals surface area contributed by atoms with Gasteiger partial charge in [0.2, 0.25) is 5.43 Å². The Kier molecular flexibility index (Phi) is 5.00. The van der Waals surface area contributed by atoms with E-state index >= 15 is 0 Å². The molecule has 0 N–H and O–H groups in total. The summed E-state index contributed by atoms with van der Waals surface area (Å²) in [6.45, 7) is 0.182. The maximum Gasteiger partial charge on any atom is 0.343 e. The third-order valence-corrected chi connectivity index (χ3v) is 3.28. The number of hydrogen-bond donors (Lipinski definition) is 0. The Hall–Kier alpha value is -2.83. The van der Waals surface area contributed by atoms with E-state index in [0.717, 1.165) is 13.3 Å². The molecule has 0 amide bonds. The van der Waals surface area contributed by atoms with Crippen molar-refractivity contribution in [3.05, 3.63) is 57.8 Å². The highest BCUT2D eigenvalue weighted by Crippen LogP contribution is 2.24. The van der Waals surface area contributed by atoms with Crippen molar-refractivity contribution in [2.75, 3.05) is 21.3 Å². The average Bonchev–Trinajstić information content (AvgIpc) is 2.57. The molecule has 2 aromatic rings. The van der Waals surface area contributed by atoms with Crippen LogP contribution in [0, 0.1) is 5.82 Å². The Bertz CT molecular complexity index is 785. The van der Waals surface area contributed by atoms with Crippen molar-refractivity contribution in [2.45, 2.75) is 6.54 Å². The number of pyridine rings is 1. The van der Waals surface area contributed by atoms with E-state index in [4.69, 9.17) is 9.47 Å². The summed E-state index contributed by atoms with van der Waals surface area (Å²) < 4.78 is 30.0. The summed E-state index contributed by atoms with van der Waals surface area (Å²) in [6, 6.07) is 5.18. The van der Waals surface area contributed by atoms with Gasteiger partial charge in [0.25, 0.3) is 0 Å². The predicted molar refractivity (Wildman–Crippen MR) is 80.6 cm³/mol. The average molecular weight is 321 g/mol. The van der Waals surface area contributed by atoms with E-state index in [1.54, 1.807) is 18.2 Å². The molecule has 7 heteroatoms. The third-order valence-electron chi connectivity index (χ3n) is 3.28. The minimum atomic E-state index is -1.03. The lowest BCUT2D eigenvalue weighted by Crippen LogP contribution is -2.22. The van der Waals surface area contributed by atoms with E-state index in [1.165, 1.54) is 25.0 Å². The second-order valence-corrected chi connectivity index (χ2v) is 4.69. The number of nitrogens with zero attached hydrogens (tertiary/aromatic N) is 1. The van der Waals surface area contributed by atoms with E-state index in [0.29, 0.717) is 17.1 Å². The highest BCUT2D eigenvalue weighted by Gasteiger charge is 2.16. The van der Waals surface area contributed by atoms with Gasteiger partial charge in [0.05, 0.1) is 27.9 Å². The van der Waals surface area contributed by atoms with Crippen LogP contribution >= 0.6 is 0 Å². The fourth-order valence-electron chi connectivity index (χ4n) is 2.14. The normalized spacial score (nSPS) is 10.3. The van der Waals surface area contributed by atoms with Gasteiger partial charge in [-0.25, -0.2) is 9.18 Å². The molecule has 0 fully saturated rings. The molecule has 0 unspecified atom stereocenters. The lowest BCUT2D eigenvalue weighted by molar-refractivity contribution is 0.0597. The van der Waals surface area contributed by atoms with Crippen molar-refractivity contribution in [2.24, 2.45) is 0 Å². The Balaban J connectivity index is 2.46. The number of halogens is 1. The topological polar surface area (TPSA) is 66.8 Å². The van der Waals surface area contributed by atoms with Gasteiger partial charge in [-0.1, -0.05) is 0 Å². The number of aromatic nitrogens is 1. The first-order chi connectivity index (χ1) is 11.0. The number of ether oxygens (including phenoxy) is 3. The van der Waals surface area contributed by atoms with Gasteiger partial charge in [0.1, 0.15) is 17.1 Å². The highest BCUT2D eigenvalue weighted by molar-refractivity contribution is 5.88. The number of benzene rings is 1. The van der Waals surface area contributed by atoms with Gasteiger partial charge in [-0.3, -0.25) is 4.79 Å². The van der Waals surface area contributed by atoms with Crippen molar-refractivity contribution < 1.29 is 23.4 Å². The van der Waals surface area contributed by atoms with Crippen LogP contribution in [0.15, 0.2) is 35.4 Å². The highest BCUT2D eigenvalue weighted by atomic mass is 19.1. The third kappa shape index (κ3) is 3.50. The zero-order valence-electron chi connectivity index (χ0n) is 13.0. The second kappa shape index (κ2) is 6.95. The molecule has 0 spiro atoms. The predicted octanol–water partition coefficient (Wildman–Crippen LogP) is 1.84. The summed E-state index contributed by atoms with van der Waals surface area (Å²) in [5, 5.41) is 0. The monoisotopic (exact) mass is 321 g/mol. The smallest absolute Gasteiger partial charge is 0.343 e. The van der Waals surface area contributed by atoms with Crippen molar-refractivity contribution >= 4 is 5.97 Å². The van der Waals surface area contributed by atoms with Gasteiger partial charge < -0.3 is 18.8 Å². The molecule has 1 aromatic heterocycles. The lowest BCUT2D eigenvalue weighted by Gasteiger charge is -2.13. The van der Waals surface area contributed by atoms with E-state index in [-0.39, 0.29) is 12.1 Å². The molecule has 0 bridgehead atoms. The summed E-state index contributed by atoms with van der Waals surface area (Å²) in [7, 11) is 4.17. The molecular formula is C16H16FNO5. The molecule has 0 saturated heterocycles. The molecule has 0 aliphatic heterocycles. The van der Waals surface area contributed by atoms with Gasteiger partial charge in [0, 0.05) is 18.0 Å². The molecule has 1 aromatic carbocycles. The molecule has 0 radical (unpaired) electrons. The quantitative estimate of drug-likeness (QED) is 0.786. The van der Waals surface area contributed by atoms with E-state index in [2.05, 4.69) is 4.74 Å².